The average molecular weight is 499 g/mol. The summed E-state index contributed by atoms with van der Waals surface area (Å²) in [5.74, 6) is 1.00. The van der Waals surface area contributed by atoms with Crippen LogP contribution in [0.25, 0.3) is 0 Å². The molecule has 1 saturated carbocycles. The summed E-state index contributed by atoms with van der Waals surface area (Å²) in [6.45, 7) is 2.64. The van der Waals surface area contributed by atoms with E-state index in [2.05, 4.69) is 4.98 Å². The molecule has 9 heteroatoms. The summed E-state index contributed by atoms with van der Waals surface area (Å²) in [4.78, 5) is 44.6. The third-order valence-corrected chi connectivity index (χ3v) is 7.67. The largest absolute Gasteiger partial charge is 0.494 e. The van der Waals surface area contributed by atoms with Crippen molar-refractivity contribution < 1.29 is 19.1 Å². The number of hydrogen-bond acceptors (Lipinski definition) is 6. The van der Waals surface area contributed by atoms with E-state index < -0.39 is 5.91 Å². The fraction of sp³-hybridized carbons (Fsp3) is 0.538. The first kappa shape index (κ1) is 25.2. The van der Waals surface area contributed by atoms with Crippen LogP contribution in [-0.2, 0) is 22.4 Å². The number of carbonyl (C=O) groups excluding carboxylic acids is 3. The van der Waals surface area contributed by atoms with E-state index in [9.17, 15) is 14.4 Å². The topological polar surface area (TPSA) is 106 Å². The van der Waals surface area contributed by atoms with Crippen molar-refractivity contribution >= 4 is 29.1 Å². The zero-order chi connectivity index (χ0) is 24.6. The van der Waals surface area contributed by atoms with Crippen molar-refractivity contribution in [1.82, 2.24) is 14.8 Å². The van der Waals surface area contributed by atoms with E-state index >= 15 is 0 Å². The first-order valence-corrected chi connectivity index (χ1v) is 13.4. The summed E-state index contributed by atoms with van der Waals surface area (Å²) < 4.78 is 5.96. The van der Waals surface area contributed by atoms with Gasteiger partial charge in [0.15, 0.2) is 0 Å². The first-order chi connectivity index (χ1) is 17.0. The van der Waals surface area contributed by atoms with Gasteiger partial charge in [0.2, 0.25) is 11.8 Å². The lowest BCUT2D eigenvalue weighted by atomic mass is 9.87. The number of nitrogens with zero attached hydrogens (tertiary/aromatic N) is 3. The van der Waals surface area contributed by atoms with Crippen LogP contribution < -0.4 is 10.5 Å². The number of benzene rings is 1. The second-order valence-corrected chi connectivity index (χ2v) is 10.3. The van der Waals surface area contributed by atoms with E-state index in [1.807, 2.05) is 24.3 Å². The zero-order valence-corrected chi connectivity index (χ0v) is 20.9. The van der Waals surface area contributed by atoms with Crippen LogP contribution in [0.1, 0.15) is 59.6 Å². The minimum Gasteiger partial charge on any atom is -0.494 e. The molecule has 4 rings (SSSR count). The molecular weight excluding hydrogens is 464 g/mol. The highest BCUT2D eigenvalue weighted by atomic mass is 32.1. The number of hydrogen-bond donors (Lipinski definition) is 1. The normalized spacial score (nSPS) is 16.8. The molecule has 8 nitrogen and oxygen atoms in total. The van der Waals surface area contributed by atoms with Gasteiger partial charge in [0.05, 0.1) is 25.1 Å². The maximum absolute atomic E-state index is 13.1. The highest BCUT2D eigenvalue weighted by molar-refractivity contribution is 7.09. The van der Waals surface area contributed by atoms with E-state index in [0.29, 0.717) is 49.1 Å². The SMILES string of the molecule is NC(=O)Cc1csc(CC(=O)N2CCN(C(=O)c3cccc(OCCC4CCCCC4)c3)CC2)n1. The summed E-state index contributed by atoms with van der Waals surface area (Å²) in [5, 5.41) is 2.43. The summed E-state index contributed by atoms with van der Waals surface area (Å²) in [6.07, 6.45) is 7.96. The highest BCUT2D eigenvalue weighted by Crippen LogP contribution is 2.26. The third kappa shape index (κ3) is 7.27. The van der Waals surface area contributed by atoms with Gasteiger partial charge in [-0.3, -0.25) is 14.4 Å². The highest BCUT2D eigenvalue weighted by Gasteiger charge is 2.25. The Bertz CT molecular complexity index is 1030. The molecule has 1 aliphatic carbocycles. The lowest BCUT2D eigenvalue weighted by molar-refractivity contribution is -0.131. The monoisotopic (exact) mass is 498 g/mol. The van der Waals surface area contributed by atoms with E-state index in [-0.39, 0.29) is 24.7 Å². The molecule has 2 fully saturated rings. The number of carbonyl (C=O) groups is 3. The van der Waals surface area contributed by atoms with E-state index in [1.54, 1.807) is 15.2 Å². The molecule has 35 heavy (non-hydrogen) atoms. The number of ether oxygens (including phenoxy) is 1. The second-order valence-electron chi connectivity index (χ2n) is 9.39. The van der Waals surface area contributed by atoms with Crippen molar-refractivity contribution in [3.05, 3.63) is 45.9 Å². The number of rotatable bonds is 9. The van der Waals surface area contributed by atoms with Crippen molar-refractivity contribution in [1.29, 1.82) is 0 Å². The van der Waals surface area contributed by atoms with Crippen LogP contribution >= 0.6 is 11.3 Å². The molecule has 1 aromatic carbocycles. The lowest BCUT2D eigenvalue weighted by Crippen LogP contribution is -2.51. The molecule has 2 aromatic rings. The first-order valence-electron chi connectivity index (χ1n) is 12.5. The van der Waals surface area contributed by atoms with E-state index in [4.69, 9.17) is 10.5 Å². The van der Waals surface area contributed by atoms with Gasteiger partial charge in [0.1, 0.15) is 10.8 Å². The maximum atomic E-state index is 13.1. The molecule has 0 unspecified atom stereocenters. The maximum Gasteiger partial charge on any atom is 0.254 e. The van der Waals surface area contributed by atoms with Gasteiger partial charge in [-0.2, -0.15) is 0 Å². The quantitative estimate of drug-likeness (QED) is 0.572. The molecule has 2 N–H and O–H groups in total. The molecular formula is C26H34N4O4S. The van der Waals surface area contributed by atoms with E-state index in [1.165, 1.54) is 43.4 Å². The van der Waals surface area contributed by atoms with Gasteiger partial charge in [0.25, 0.3) is 5.91 Å². The van der Waals surface area contributed by atoms with Gasteiger partial charge >= 0.3 is 0 Å². The third-order valence-electron chi connectivity index (χ3n) is 6.78. The molecule has 1 aliphatic heterocycles. The van der Waals surface area contributed by atoms with Crippen LogP contribution in [0.2, 0.25) is 0 Å². The molecule has 2 heterocycles. The number of nitrogens with two attached hydrogens (primary N) is 1. The summed E-state index contributed by atoms with van der Waals surface area (Å²) in [7, 11) is 0. The van der Waals surface area contributed by atoms with Gasteiger partial charge in [-0.05, 0) is 30.5 Å². The number of amides is 3. The number of piperazine rings is 1. The van der Waals surface area contributed by atoms with Crippen molar-refractivity contribution in [3.63, 3.8) is 0 Å². The van der Waals surface area contributed by atoms with Gasteiger partial charge in [-0.15, -0.1) is 11.3 Å². The molecule has 0 radical (unpaired) electrons. The van der Waals surface area contributed by atoms with Crippen LogP contribution in [-0.4, -0.2) is 65.3 Å². The van der Waals surface area contributed by atoms with Gasteiger partial charge in [0, 0.05) is 37.1 Å². The average Bonchev–Trinajstić information content (AvgIpc) is 3.30. The van der Waals surface area contributed by atoms with Crippen LogP contribution in [0.4, 0.5) is 0 Å². The molecule has 0 atom stereocenters. The van der Waals surface area contributed by atoms with Crippen molar-refractivity contribution in [2.75, 3.05) is 32.8 Å². The van der Waals surface area contributed by atoms with Crippen molar-refractivity contribution in [3.8, 4) is 5.75 Å². The summed E-state index contributed by atoms with van der Waals surface area (Å²) in [5.41, 5.74) is 6.41. The van der Waals surface area contributed by atoms with Gasteiger partial charge < -0.3 is 20.3 Å². The summed E-state index contributed by atoms with van der Waals surface area (Å²) >= 11 is 1.36. The molecule has 1 aromatic heterocycles. The standard InChI is InChI=1S/C26H34N4O4S/c27-23(31)16-21-18-35-24(28-21)17-25(32)29-10-12-30(13-11-29)26(33)20-7-4-8-22(15-20)34-14-9-19-5-2-1-3-6-19/h4,7-8,15,18-19H,1-3,5-6,9-14,16-17H2,(H2,27,31). The minimum absolute atomic E-state index is 0.0227. The fourth-order valence-electron chi connectivity index (χ4n) is 4.81. The predicted molar refractivity (Wildman–Crippen MR) is 134 cm³/mol. The lowest BCUT2D eigenvalue weighted by Gasteiger charge is -2.34. The molecule has 3 amide bonds. The van der Waals surface area contributed by atoms with Crippen LogP contribution in [0.5, 0.6) is 5.75 Å². The molecule has 188 valence electrons. The Morgan fingerprint density at radius 1 is 1.03 bits per heavy atom. The zero-order valence-electron chi connectivity index (χ0n) is 20.1. The Kier molecular flexibility index (Phi) is 8.74. The minimum atomic E-state index is -0.439. The molecule has 0 bridgehead atoms. The number of aromatic nitrogens is 1. The smallest absolute Gasteiger partial charge is 0.254 e. The van der Waals surface area contributed by atoms with Gasteiger partial charge in [-0.1, -0.05) is 38.2 Å². The van der Waals surface area contributed by atoms with Crippen LogP contribution in [0.15, 0.2) is 29.6 Å². The van der Waals surface area contributed by atoms with Crippen molar-refractivity contribution in [2.45, 2.75) is 51.4 Å². The number of thiazole rings is 1. The Labute approximate surface area is 210 Å². The Hall–Kier alpha value is -2.94. The Balaban J connectivity index is 1.23. The van der Waals surface area contributed by atoms with Crippen LogP contribution in [0, 0.1) is 5.92 Å². The summed E-state index contributed by atoms with van der Waals surface area (Å²) in [6, 6.07) is 7.41. The molecule has 0 spiro atoms. The Morgan fingerprint density at radius 2 is 1.77 bits per heavy atom. The van der Waals surface area contributed by atoms with E-state index in [0.717, 1.165) is 18.1 Å². The predicted octanol–water partition coefficient (Wildman–Crippen LogP) is 3.05. The van der Waals surface area contributed by atoms with Crippen molar-refractivity contribution in [2.24, 2.45) is 11.7 Å². The van der Waals surface area contributed by atoms with Gasteiger partial charge in [-0.25, -0.2) is 4.98 Å². The molecule has 1 saturated heterocycles. The Morgan fingerprint density at radius 3 is 2.51 bits per heavy atom. The number of primary amides is 1. The fourth-order valence-corrected chi connectivity index (χ4v) is 5.60. The molecule has 2 aliphatic rings. The second kappa shape index (κ2) is 12.2. The van der Waals surface area contributed by atoms with Crippen LogP contribution in [0.3, 0.4) is 0 Å².